The van der Waals surface area contributed by atoms with Crippen LogP contribution < -0.4 is 0 Å². The van der Waals surface area contributed by atoms with Crippen molar-refractivity contribution < 1.29 is 15.0 Å². The lowest BCUT2D eigenvalue weighted by molar-refractivity contribution is -0.142. The molecule has 1 aliphatic heterocycles. The van der Waals surface area contributed by atoms with Gasteiger partial charge in [0.05, 0.1) is 0 Å². The summed E-state index contributed by atoms with van der Waals surface area (Å²) in [6, 6.07) is 3.35. The average Bonchev–Trinajstić information content (AvgIpc) is 2.86. The Labute approximate surface area is 98.1 Å². The lowest BCUT2D eigenvalue weighted by atomic mass is 10.2. The zero-order valence-electron chi connectivity index (χ0n) is 8.87. The maximum absolute atomic E-state index is 11.0. The molecule has 5 heteroatoms. The second kappa shape index (κ2) is 4.95. The molecule has 0 aliphatic carbocycles. The van der Waals surface area contributed by atoms with Gasteiger partial charge in [0.2, 0.25) is 0 Å². The SMILES string of the molecule is O=C(O)C1CCCN1CC(O)c1cccs1. The summed E-state index contributed by atoms with van der Waals surface area (Å²) in [5.74, 6) is -0.782. The Morgan fingerprint density at radius 3 is 3.12 bits per heavy atom. The zero-order chi connectivity index (χ0) is 11.5. The van der Waals surface area contributed by atoms with E-state index >= 15 is 0 Å². The number of carboxylic acids is 1. The number of carboxylic acid groups (broad SMARTS) is 1. The van der Waals surface area contributed by atoms with E-state index in [-0.39, 0.29) is 0 Å². The molecule has 16 heavy (non-hydrogen) atoms. The van der Waals surface area contributed by atoms with Gasteiger partial charge >= 0.3 is 5.97 Å². The van der Waals surface area contributed by atoms with E-state index in [0.29, 0.717) is 13.0 Å². The summed E-state index contributed by atoms with van der Waals surface area (Å²) in [5, 5.41) is 20.9. The minimum Gasteiger partial charge on any atom is -0.480 e. The highest BCUT2D eigenvalue weighted by atomic mass is 32.1. The van der Waals surface area contributed by atoms with Gasteiger partial charge in [-0.3, -0.25) is 9.69 Å². The lowest BCUT2D eigenvalue weighted by Gasteiger charge is -2.23. The molecule has 2 atom stereocenters. The Hall–Kier alpha value is -0.910. The first-order chi connectivity index (χ1) is 7.68. The van der Waals surface area contributed by atoms with Crippen LogP contribution in [0.4, 0.5) is 0 Å². The molecule has 2 rings (SSSR count). The van der Waals surface area contributed by atoms with Crippen LogP contribution in [-0.2, 0) is 4.79 Å². The number of nitrogens with zero attached hydrogens (tertiary/aromatic N) is 1. The van der Waals surface area contributed by atoms with Gasteiger partial charge in [-0.15, -0.1) is 11.3 Å². The van der Waals surface area contributed by atoms with Crippen LogP contribution >= 0.6 is 11.3 Å². The van der Waals surface area contributed by atoms with E-state index in [1.807, 2.05) is 22.4 Å². The molecule has 2 N–H and O–H groups in total. The minimum absolute atomic E-state index is 0.414. The van der Waals surface area contributed by atoms with E-state index in [4.69, 9.17) is 5.11 Å². The van der Waals surface area contributed by atoms with Crippen LogP contribution in [-0.4, -0.2) is 40.2 Å². The first kappa shape index (κ1) is 11.6. The van der Waals surface area contributed by atoms with Crippen molar-refractivity contribution in [1.29, 1.82) is 0 Å². The number of thiophene rings is 1. The Kier molecular flexibility index (Phi) is 3.58. The fraction of sp³-hybridized carbons (Fsp3) is 0.545. The van der Waals surface area contributed by atoms with Crippen molar-refractivity contribution in [3.63, 3.8) is 0 Å². The van der Waals surface area contributed by atoms with Crippen molar-refractivity contribution in [3.05, 3.63) is 22.4 Å². The third kappa shape index (κ3) is 2.42. The van der Waals surface area contributed by atoms with Gasteiger partial charge in [0.25, 0.3) is 0 Å². The molecule has 1 fully saturated rings. The van der Waals surface area contributed by atoms with Crippen molar-refractivity contribution in [3.8, 4) is 0 Å². The zero-order valence-corrected chi connectivity index (χ0v) is 9.69. The molecule has 0 amide bonds. The Balaban J connectivity index is 1.96. The van der Waals surface area contributed by atoms with Gasteiger partial charge < -0.3 is 10.2 Å². The highest BCUT2D eigenvalue weighted by molar-refractivity contribution is 7.10. The van der Waals surface area contributed by atoms with Crippen molar-refractivity contribution >= 4 is 17.3 Å². The summed E-state index contributed by atoms with van der Waals surface area (Å²) in [6.07, 6.45) is 1.01. The van der Waals surface area contributed by atoms with Gasteiger partial charge in [-0.1, -0.05) is 6.07 Å². The molecule has 2 heterocycles. The molecular formula is C11H15NO3S. The summed E-state index contributed by atoms with van der Waals surface area (Å²) >= 11 is 1.50. The van der Waals surface area contributed by atoms with E-state index in [1.54, 1.807) is 0 Å². The van der Waals surface area contributed by atoms with Crippen LogP contribution in [0.25, 0.3) is 0 Å². The second-order valence-electron chi connectivity index (χ2n) is 4.02. The molecule has 0 aromatic carbocycles. The number of β-amino-alcohol motifs (C(OH)–C–C–N with tert-alkyl or cyclic N) is 1. The lowest BCUT2D eigenvalue weighted by Crippen LogP contribution is -2.38. The van der Waals surface area contributed by atoms with Gasteiger partial charge in [-0.2, -0.15) is 0 Å². The van der Waals surface area contributed by atoms with Crippen LogP contribution in [0.5, 0.6) is 0 Å². The molecule has 2 unspecified atom stereocenters. The van der Waals surface area contributed by atoms with Crippen molar-refractivity contribution in [2.45, 2.75) is 25.0 Å². The average molecular weight is 241 g/mol. The molecule has 0 bridgehead atoms. The smallest absolute Gasteiger partial charge is 0.320 e. The molecule has 0 radical (unpaired) electrons. The van der Waals surface area contributed by atoms with E-state index < -0.39 is 18.1 Å². The van der Waals surface area contributed by atoms with Crippen LogP contribution in [0.3, 0.4) is 0 Å². The molecule has 88 valence electrons. The Bertz CT molecular complexity index is 352. The summed E-state index contributed by atoms with van der Waals surface area (Å²) in [4.78, 5) is 13.7. The third-order valence-electron chi connectivity index (χ3n) is 2.93. The maximum Gasteiger partial charge on any atom is 0.320 e. The third-order valence-corrected chi connectivity index (χ3v) is 3.90. The fourth-order valence-corrected chi connectivity index (χ4v) is 2.82. The van der Waals surface area contributed by atoms with E-state index in [0.717, 1.165) is 17.8 Å². The molecule has 0 saturated carbocycles. The molecule has 1 aromatic rings. The van der Waals surface area contributed by atoms with Gasteiger partial charge in [0, 0.05) is 11.4 Å². The second-order valence-corrected chi connectivity index (χ2v) is 5.00. The number of likely N-dealkylation sites (tertiary alicyclic amines) is 1. The maximum atomic E-state index is 11.0. The van der Waals surface area contributed by atoms with Crippen molar-refractivity contribution in [1.82, 2.24) is 4.90 Å². The number of hydrogen-bond acceptors (Lipinski definition) is 4. The molecule has 0 spiro atoms. The van der Waals surface area contributed by atoms with Gasteiger partial charge in [0.1, 0.15) is 12.1 Å². The summed E-state index contributed by atoms with van der Waals surface area (Å²) < 4.78 is 0. The summed E-state index contributed by atoms with van der Waals surface area (Å²) in [7, 11) is 0. The normalized spacial score (nSPS) is 23.4. The largest absolute Gasteiger partial charge is 0.480 e. The van der Waals surface area contributed by atoms with E-state index in [1.165, 1.54) is 11.3 Å². The summed E-state index contributed by atoms with van der Waals surface area (Å²) in [5.41, 5.74) is 0. The monoisotopic (exact) mass is 241 g/mol. The van der Waals surface area contributed by atoms with Crippen LogP contribution in [0.15, 0.2) is 17.5 Å². The first-order valence-corrected chi connectivity index (χ1v) is 6.25. The predicted octanol–water partition coefficient (Wildman–Crippen LogP) is 1.33. The molecule has 4 nitrogen and oxygen atoms in total. The standard InChI is InChI=1S/C11H15NO3S/c13-9(10-4-2-6-16-10)7-12-5-1-3-8(12)11(14)15/h2,4,6,8-9,13H,1,3,5,7H2,(H,14,15). The van der Waals surface area contributed by atoms with Gasteiger partial charge in [0.15, 0.2) is 0 Å². The predicted molar refractivity (Wildman–Crippen MR) is 61.5 cm³/mol. The molecule has 1 aromatic heterocycles. The highest BCUT2D eigenvalue weighted by Gasteiger charge is 2.31. The van der Waals surface area contributed by atoms with E-state index in [9.17, 15) is 9.90 Å². The molecular weight excluding hydrogens is 226 g/mol. The number of rotatable bonds is 4. The number of hydrogen-bond donors (Lipinski definition) is 2. The quantitative estimate of drug-likeness (QED) is 0.835. The van der Waals surface area contributed by atoms with Gasteiger partial charge in [-0.05, 0) is 30.8 Å². The fourth-order valence-electron chi connectivity index (χ4n) is 2.12. The van der Waals surface area contributed by atoms with E-state index in [2.05, 4.69) is 0 Å². The number of carbonyl (C=O) groups is 1. The number of aliphatic hydroxyl groups is 1. The van der Waals surface area contributed by atoms with Crippen LogP contribution in [0.1, 0.15) is 23.8 Å². The number of aliphatic carboxylic acids is 1. The Morgan fingerprint density at radius 1 is 1.69 bits per heavy atom. The number of aliphatic hydroxyl groups excluding tert-OH is 1. The Morgan fingerprint density at radius 2 is 2.50 bits per heavy atom. The van der Waals surface area contributed by atoms with Crippen molar-refractivity contribution in [2.24, 2.45) is 0 Å². The molecule has 1 saturated heterocycles. The van der Waals surface area contributed by atoms with Crippen LogP contribution in [0.2, 0.25) is 0 Å². The highest BCUT2D eigenvalue weighted by Crippen LogP contribution is 2.24. The van der Waals surface area contributed by atoms with Gasteiger partial charge in [-0.25, -0.2) is 0 Å². The molecule has 1 aliphatic rings. The minimum atomic E-state index is -0.782. The summed E-state index contributed by atoms with van der Waals surface area (Å²) in [6.45, 7) is 1.18. The van der Waals surface area contributed by atoms with Crippen LogP contribution in [0, 0.1) is 0 Å². The topological polar surface area (TPSA) is 60.8 Å². The first-order valence-electron chi connectivity index (χ1n) is 5.37. The van der Waals surface area contributed by atoms with Crippen molar-refractivity contribution in [2.75, 3.05) is 13.1 Å².